The van der Waals surface area contributed by atoms with Crippen LogP contribution in [0.4, 0.5) is 0 Å². The van der Waals surface area contributed by atoms with Crippen molar-refractivity contribution in [3.8, 4) is 28.8 Å². The highest BCUT2D eigenvalue weighted by Crippen LogP contribution is 2.27. The average Bonchev–Trinajstić information content (AvgIpc) is 2.98. The average molecular weight is 297 g/mol. The third kappa shape index (κ3) is 2.86. The molecule has 0 spiro atoms. The molecule has 0 radical (unpaired) electrons. The molecule has 0 atom stereocenters. The summed E-state index contributed by atoms with van der Waals surface area (Å²) in [6, 6.07) is 16.4. The van der Waals surface area contributed by atoms with E-state index in [4.69, 9.17) is 21.6 Å². The van der Waals surface area contributed by atoms with Crippen molar-refractivity contribution < 1.29 is 4.74 Å². The Kier molecular flexibility index (Phi) is 3.54. The third-order valence-corrected chi connectivity index (χ3v) is 3.07. The fourth-order valence-corrected chi connectivity index (χ4v) is 1.98. The van der Waals surface area contributed by atoms with Gasteiger partial charge in [-0.15, -0.1) is 5.10 Å². The summed E-state index contributed by atoms with van der Waals surface area (Å²) >= 11 is 5.84. The molecule has 0 fully saturated rings. The van der Waals surface area contributed by atoms with E-state index < -0.39 is 0 Å². The van der Waals surface area contributed by atoms with E-state index in [-0.39, 0.29) is 0 Å². The van der Waals surface area contributed by atoms with E-state index in [1.54, 1.807) is 30.3 Å². The van der Waals surface area contributed by atoms with Crippen LogP contribution < -0.4 is 4.74 Å². The molecule has 3 aromatic rings. The maximum atomic E-state index is 8.99. The van der Waals surface area contributed by atoms with Crippen LogP contribution in [0.15, 0.2) is 48.5 Å². The van der Waals surface area contributed by atoms with E-state index >= 15 is 0 Å². The lowest BCUT2D eigenvalue weighted by atomic mass is 10.1. The summed E-state index contributed by atoms with van der Waals surface area (Å²) in [6.07, 6.45) is 0. The zero-order valence-electron chi connectivity index (χ0n) is 10.7. The molecule has 0 aliphatic rings. The van der Waals surface area contributed by atoms with Crippen molar-refractivity contribution in [2.75, 3.05) is 0 Å². The Hall–Kier alpha value is -2.84. The molecule has 3 rings (SSSR count). The predicted octanol–water partition coefficient (Wildman–Crippen LogP) is 3.79. The van der Waals surface area contributed by atoms with E-state index in [0.29, 0.717) is 27.9 Å². The number of hydrogen-bond donors (Lipinski definition) is 1. The van der Waals surface area contributed by atoms with Gasteiger partial charge >= 0.3 is 0 Å². The first kappa shape index (κ1) is 13.2. The van der Waals surface area contributed by atoms with Gasteiger partial charge in [0.1, 0.15) is 23.3 Å². The van der Waals surface area contributed by atoms with Gasteiger partial charge in [-0.05, 0) is 36.4 Å². The van der Waals surface area contributed by atoms with Gasteiger partial charge in [-0.2, -0.15) is 5.26 Å². The van der Waals surface area contributed by atoms with Gasteiger partial charge in [0.15, 0.2) is 5.69 Å². The van der Waals surface area contributed by atoms with Crippen LogP contribution in [0.3, 0.4) is 0 Å². The standard InChI is InChI=1S/C15H9ClN4O/c16-11-4-6-12(7-5-11)21-13-3-1-2-10(8-13)15-14(9-17)18-20-19-15/h1-8H,(H,18,19,20). The van der Waals surface area contributed by atoms with Crippen molar-refractivity contribution in [3.63, 3.8) is 0 Å². The molecule has 1 N–H and O–H groups in total. The zero-order chi connectivity index (χ0) is 14.7. The fraction of sp³-hybridized carbons (Fsp3) is 0. The molecule has 0 bridgehead atoms. The van der Waals surface area contributed by atoms with E-state index in [0.717, 1.165) is 5.56 Å². The van der Waals surface area contributed by atoms with E-state index in [1.807, 2.05) is 24.3 Å². The number of H-pyrrole nitrogens is 1. The van der Waals surface area contributed by atoms with E-state index in [1.165, 1.54) is 0 Å². The molecule has 5 nitrogen and oxygen atoms in total. The molecular formula is C15H9ClN4O. The third-order valence-electron chi connectivity index (χ3n) is 2.82. The molecule has 1 heterocycles. The monoisotopic (exact) mass is 296 g/mol. The van der Waals surface area contributed by atoms with Crippen LogP contribution in [0, 0.1) is 11.3 Å². The molecule has 0 aliphatic heterocycles. The summed E-state index contributed by atoms with van der Waals surface area (Å²) in [6.45, 7) is 0. The number of aromatic nitrogens is 3. The molecule has 0 amide bonds. The molecule has 2 aromatic carbocycles. The molecule has 102 valence electrons. The number of halogens is 1. The van der Waals surface area contributed by atoms with Crippen molar-refractivity contribution >= 4 is 11.6 Å². The molecule has 1 aromatic heterocycles. The summed E-state index contributed by atoms with van der Waals surface area (Å²) in [7, 11) is 0. The van der Waals surface area contributed by atoms with Crippen molar-refractivity contribution in [1.29, 1.82) is 5.26 Å². The van der Waals surface area contributed by atoms with E-state index in [2.05, 4.69) is 15.4 Å². The number of nitriles is 1. The second-order valence-electron chi connectivity index (χ2n) is 4.23. The Morgan fingerprint density at radius 1 is 1.10 bits per heavy atom. The maximum Gasteiger partial charge on any atom is 0.163 e. The molecule has 21 heavy (non-hydrogen) atoms. The molecule has 0 aliphatic carbocycles. The van der Waals surface area contributed by atoms with Gasteiger partial charge in [0.05, 0.1) is 0 Å². The second kappa shape index (κ2) is 5.65. The van der Waals surface area contributed by atoms with Gasteiger partial charge in [-0.3, -0.25) is 0 Å². The van der Waals surface area contributed by atoms with Crippen LogP contribution in [0.5, 0.6) is 11.5 Å². The summed E-state index contributed by atoms with van der Waals surface area (Å²) in [5.41, 5.74) is 1.57. The lowest BCUT2D eigenvalue weighted by Crippen LogP contribution is -1.87. The van der Waals surface area contributed by atoms with Crippen molar-refractivity contribution in [3.05, 3.63) is 59.2 Å². The minimum absolute atomic E-state index is 0.318. The van der Waals surface area contributed by atoms with Gasteiger partial charge < -0.3 is 4.74 Å². The molecular weight excluding hydrogens is 288 g/mol. The minimum Gasteiger partial charge on any atom is -0.457 e. The predicted molar refractivity (Wildman–Crippen MR) is 78.1 cm³/mol. The number of ether oxygens (including phenoxy) is 1. The van der Waals surface area contributed by atoms with Crippen LogP contribution in [0.2, 0.25) is 5.02 Å². The Bertz CT molecular complexity index is 805. The normalized spacial score (nSPS) is 10.1. The first-order valence-corrected chi connectivity index (χ1v) is 6.49. The number of benzene rings is 2. The van der Waals surface area contributed by atoms with E-state index in [9.17, 15) is 0 Å². The zero-order valence-corrected chi connectivity index (χ0v) is 11.5. The Morgan fingerprint density at radius 3 is 2.67 bits per heavy atom. The number of rotatable bonds is 3. The molecule has 0 saturated carbocycles. The van der Waals surface area contributed by atoms with Crippen molar-refractivity contribution in [1.82, 2.24) is 15.4 Å². The molecule has 0 unspecified atom stereocenters. The van der Waals surface area contributed by atoms with Gasteiger partial charge in [-0.1, -0.05) is 28.9 Å². The topological polar surface area (TPSA) is 74.6 Å². The summed E-state index contributed by atoms with van der Waals surface area (Å²) in [5.74, 6) is 1.32. The first-order chi connectivity index (χ1) is 10.3. The summed E-state index contributed by atoms with van der Waals surface area (Å²) in [4.78, 5) is 0. The Morgan fingerprint density at radius 2 is 1.90 bits per heavy atom. The van der Waals surface area contributed by atoms with Crippen LogP contribution in [-0.4, -0.2) is 15.4 Å². The smallest absolute Gasteiger partial charge is 0.163 e. The van der Waals surface area contributed by atoms with Gasteiger partial charge in [0.2, 0.25) is 0 Å². The number of nitrogens with zero attached hydrogens (tertiary/aromatic N) is 3. The van der Waals surface area contributed by atoms with Gasteiger partial charge in [0.25, 0.3) is 0 Å². The van der Waals surface area contributed by atoms with Crippen molar-refractivity contribution in [2.24, 2.45) is 0 Å². The SMILES string of the molecule is N#Cc1[nH]nnc1-c1cccc(Oc2ccc(Cl)cc2)c1. The largest absolute Gasteiger partial charge is 0.457 e. The highest BCUT2D eigenvalue weighted by molar-refractivity contribution is 6.30. The summed E-state index contributed by atoms with van der Waals surface area (Å²) < 4.78 is 5.75. The van der Waals surface area contributed by atoms with Gasteiger partial charge in [-0.25, -0.2) is 5.10 Å². The van der Waals surface area contributed by atoms with Crippen LogP contribution >= 0.6 is 11.6 Å². The fourth-order valence-electron chi connectivity index (χ4n) is 1.85. The first-order valence-electron chi connectivity index (χ1n) is 6.11. The van der Waals surface area contributed by atoms with Gasteiger partial charge in [0, 0.05) is 10.6 Å². The number of nitrogens with one attached hydrogen (secondary N) is 1. The maximum absolute atomic E-state index is 8.99. The summed E-state index contributed by atoms with van der Waals surface area (Å²) in [5, 5.41) is 19.8. The second-order valence-corrected chi connectivity index (χ2v) is 4.67. The lowest BCUT2D eigenvalue weighted by molar-refractivity contribution is 0.483. The quantitative estimate of drug-likeness (QED) is 0.798. The molecule has 0 saturated heterocycles. The Balaban J connectivity index is 1.90. The highest BCUT2D eigenvalue weighted by atomic mass is 35.5. The van der Waals surface area contributed by atoms with Crippen molar-refractivity contribution in [2.45, 2.75) is 0 Å². The minimum atomic E-state index is 0.318. The number of hydrogen-bond acceptors (Lipinski definition) is 4. The van der Waals surface area contributed by atoms with Crippen LogP contribution in [-0.2, 0) is 0 Å². The van der Waals surface area contributed by atoms with Crippen LogP contribution in [0.1, 0.15) is 5.69 Å². The Labute approximate surface area is 125 Å². The van der Waals surface area contributed by atoms with Crippen LogP contribution in [0.25, 0.3) is 11.3 Å². The lowest BCUT2D eigenvalue weighted by Gasteiger charge is -2.06. The highest BCUT2D eigenvalue weighted by Gasteiger charge is 2.10. The number of aromatic amines is 1. The molecule has 6 heteroatoms.